The number of carbonyl (C=O) groups excluding carboxylic acids is 1. The lowest BCUT2D eigenvalue weighted by atomic mass is 10.2. The molecule has 0 saturated carbocycles. The number of para-hydroxylation sites is 1. The summed E-state index contributed by atoms with van der Waals surface area (Å²) in [6.45, 7) is 3.83. The van der Waals surface area contributed by atoms with E-state index in [0.717, 1.165) is 16.8 Å². The number of aromatic nitrogens is 4. The highest BCUT2D eigenvalue weighted by Gasteiger charge is 2.17. The van der Waals surface area contributed by atoms with Crippen LogP contribution in [0.5, 0.6) is 0 Å². The van der Waals surface area contributed by atoms with E-state index in [1.807, 2.05) is 49.4 Å². The van der Waals surface area contributed by atoms with E-state index in [9.17, 15) is 9.59 Å². The van der Waals surface area contributed by atoms with Gasteiger partial charge in [0.25, 0.3) is 5.56 Å². The third-order valence-electron chi connectivity index (χ3n) is 4.94. The van der Waals surface area contributed by atoms with Crippen LogP contribution in [0.25, 0.3) is 16.6 Å². The van der Waals surface area contributed by atoms with E-state index >= 15 is 0 Å². The second-order valence-electron chi connectivity index (χ2n) is 7.02. The number of nitrogens with zero attached hydrogens (tertiary/aromatic N) is 4. The van der Waals surface area contributed by atoms with Crippen LogP contribution in [0.2, 0.25) is 5.02 Å². The van der Waals surface area contributed by atoms with E-state index in [4.69, 9.17) is 11.6 Å². The standard InChI is InChI=1S/C22H20ClN5O2/c1-14-7-3-6-10-19(14)28-21-17(12-25-28)15(2)26-27(22(21)30)13-20(29)24-11-16-8-4-5-9-18(16)23/h3-10,12H,11,13H2,1-2H3,(H,24,29). The Bertz CT molecular complexity index is 1310. The largest absolute Gasteiger partial charge is 0.350 e. The number of aryl methyl sites for hydroxylation is 2. The van der Waals surface area contributed by atoms with Gasteiger partial charge in [-0.1, -0.05) is 48.0 Å². The van der Waals surface area contributed by atoms with E-state index in [0.29, 0.717) is 21.6 Å². The van der Waals surface area contributed by atoms with Crippen LogP contribution in [0.1, 0.15) is 16.8 Å². The summed E-state index contributed by atoms with van der Waals surface area (Å²) in [6.07, 6.45) is 1.63. The summed E-state index contributed by atoms with van der Waals surface area (Å²) in [5.41, 5.74) is 3.26. The van der Waals surface area contributed by atoms with Crippen molar-refractivity contribution in [3.05, 3.63) is 86.9 Å². The summed E-state index contributed by atoms with van der Waals surface area (Å²) in [5.74, 6) is -0.328. The van der Waals surface area contributed by atoms with Gasteiger partial charge in [0, 0.05) is 17.0 Å². The maximum absolute atomic E-state index is 13.1. The molecule has 0 radical (unpaired) electrons. The Kier molecular flexibility index (Phi) is 5.37. The number of fused-ring (bicyclic) bond motifs is 1. The Hall–Kier alpha value is -3.45. The Morgan fingerprint density at radius 1 is 1.10 bits per heavy atom. The summed E-state index contributed by atoms with van der Waals surface area (Å²) < 4.78 is 2.79. The highest BCUT2D eigenvalue weighted by Crippen LogP contribution is 2.19. The predicted molar refractivity (Wildman–Crippen MR) is 116 cm³/mol. The number of hydrogen-bond donors (Lipinski definition) is 1. The number of halogens is 1. The van der Waals surface area contributed by atoms with Crippen LogP contribution in [0.3, 0.4) is 0 Å². The van der Waals surface area contributed by atoms with Gasteiger partial charge >= 0.3 is 0 Å². The number of hydrogen-bond acceptors (Lipinski definition) is 4. The SMILES string of the molecule is Cc1ccccc1-n1ncc2c(C)nn(CC(=O)NCc3ccccc3Cl)c(=O)c21. The van der Waals surface area contributed by atoms with Crippen molar-refractivity contribution in [2.45, 2.75) is 26.9 Å². The molecule has 0 fully saturated rings. The molecule has 30 heavy (non-hydrogen) atoms. The molecule has 2 aromatic carbocycles. The average molecular weight is 422 g/mol. The molecule has 0 unspecified atom stereocenters. The second-order valence-corrected chi connectivity index (χ2v) is 7.43. The van der Waals surface area contributed by atoms with Crippen molar-refractivity contribution in [1.29, 1.82) is 0 Å². The van der Waals surface area contributed by atoms with Gasteiger partial charge in [0.15, 0.2) is 0 Å². The molecular weight excluding hydrogens is 402 g/mol. The fourth-order valence-corrected chi connectivity index (χ4v) is 3.54. The van der Waals surface area contributed by atoms with Crippen LogP contribution < -0.4 is 10.9 Å². The zero-order chi connectivity index (χ0) is 21.3. The monoisotopic (exact) mass is 421 g/mol. The summed E-state index contributed by atoms with van der Waals surface area (Å²) >= 11 is 6.13. The Balaban J connectivity index is 1.65. The third-order valence-corrected chi connectivity index (χ3v) is 5.31. The number of rotatable bonds is 5. The van der Waals surface area contributed by atoms with Crippen molar-refractivity contribution in [1.82, 2.24) is 24.9 Å². The van der Waals surface area contributed by atoms with Crippen LogP contribution in [0.4, 0.5) is 0 Å². The zero-order valence-electron chi connectivity index (χ0n) is 16.6. The molecule has 4 aromatic rings. The van der Waals surface area contributed by atoms with Crippen LogP contribution in [0, 0.1) is 13.8 Å². The zero-order valence-corrected chi connectivity index (χ0v) is 17.3. The maximum atomic E-state index is 13.1. The molecule has 0 atom stereocenters. The summed E-state index contributed by atoms with van der Waals surface area (Å²) in [6, 6.07) is 15.0. The van der Waals surface area contributed by atoms with Crippen molar-refractivity contribution in [2.24, 2.45) is 0 Å². The van der Waals surface area contributed by atoms with Gasteiger partial charge < -0.3 is 5.32 Å². The lowest BCUT2D eigenvalue weighted by molar-refractivity contribution is -0.122. The molecule has 0 saturated heterocycles. The number of nitrogens with one attached hydrogen (secondary N) is 1. The van der Waals surface area contributed by atoms with Crippen molar-refractivity contribution < 1.29 is 4.79 Å². The first-order chi connectivity index (χ1) is 14.5. The lowest BCUT2D eigenvalue weighted by Crippen LogP contribution is -2.34. The maximum Gasteiger partial charge on any atom is 0.293 e. The Morgan fingerprint density at radius 3 is 2.60 bits per heavy atom. The van der Waals surface area contributed by atoms with Gasteiger partial charge in [0.2, 0.25) is 5.91 Å². The van der Waals surface area contributed by atoms with Gasteiger partial charge in [0.05, 0.1) is 17.6 Å². The van der Waals surface area contributed by atoms with Crippen LogP contribution in [-0.4, -0.2) is 25.5 Å². The third kappa shape index (κ3) is 3.71. The van der Waals surface area contributed by atoms with Gasteiger partial charge in [-0.15, -0.1) is 0 Å². The van der Waals surface area contributed by atoms with Gasteiger partial charge in [0.1, 0.15) is 12.1 Å². The van der Waals surface area contributed by atoms with Crippen LogP contribution in [-0.2, 0) is 17.9 Å². The summed E-state index contributed by atoms with van der Waals surface area (Å²) in [4.78, 5) is 25.6. The van der Waals surface area contributed by atoms with E-state index in [1.54, 1.807) is 23.9 Å². The lowest BCUT2D eigenvalue weighted by Gasteiger charge is -2.11. The molecular formula is C22H20ClN5O2. The fourth-order valence-electron chi connectivity index (χ4n) is 3.34. The van der Waals surface area contributed by atoms with E-state index in [-0.39, 0.29) is 24.6 Å². The molecule has 1 amide bonds. The molecule has 1 N–H and O–H groups in total. The van der Waals surface area contributed by atoms with Gasteiger partial charge in [-0.05, 0) is 37.1 Å². The highest BCUT2D eigenvalue weighted by atomic mass is 35.5. The number of benzene rings is 2. The first-order valence-corrected chi connectivity index (χ1v) is 9.85. The quantitative estimate of drug-likeness (QED) is 0.536. The molecule has 2 aromatic heterocycles. The van der Waals surface area contributed by atoms with Crippen LogP contribution in [0.15, 0.2) is 59.5 Å². The van der Waals surface area contributed by atoms with Crippen LogP contribution >= 0.6 is 11.6 Å². The predicted octanol–water partition coefficient (Wildman–Crippen LogP) is 3.17. The minimum absolute atomic E-state index is 0.195. The Morgan fingerprint density at radius 2 is 1.83 bits per heavy atom. The highest BCUT2D eigenvalue weighted by molar-refractivity contribution is 6.31. The Labute approximate surface area is 177 Å². The topological polar surface area (TPSA) is 81.8 Å². The van der Waals surface area contributed by atoms with Crippen molar-refractivity contribution >= 4 is 28.4 Å². The summed E-state index contributed by atoms with van der Waals surface area (Å²) in [7, 11) is 0. The molecule has 152 valence electrons. The molecule has 2 heterocycles. The molecule has 0 aliphatic heterocycles. The average Bonchev–Trinajstić information content (AvgIpc) is 3.17. The van der Waals surface area contributed by atoms with Crippen molar-refractivity contribution in [2.75, 3.05) is 0 Å². The molecule has 8 heteroatoms. The normalized spacial score (nSPS) is 11.0. The fraction of sp³-hybridized carbons (Fsp3) is 0.182. The summed E-state index contributed by atoms with van der Waals surface area (Å²) in [5, 5.41) is 12.7. The first kappa shape index (κ1) is 19.8. The van der Waals surface area contributed by atoms with E-state index < -0.39 is 0 Å². The van der Waals surface area contributed by atoms with Crippen molar-refractivity contribution in [3.8, 4) is 5.69 Å². The minimum Gasteiger partial charge on any atom is -0.350 e. The first-order valence-electron chi connectivity index (χ1n) is 9.47. The molecule has 0 spiro atoms. The van der Waals surface area contributed by atoms with Gasteiger partial charge in [-0.3, -0.25) is 9.59 Å². The molecule has 0 bridgehead atoms. The van der Waals surface area contributed by atoms with E-state index in [1.165, 1.54) is 4.68 Å². The van der Waals surface area contributed by atoms with Gasteiger partial charge in [-0.25, -0.2) is 9.36 Å². The van der Waals surface area contributed by atoms with Gasteiger partial charge in [-0.2, -0.15) is 10.2 Å². The second kappa shape index (κ2) is 8.12. The minimum atomic E-state index is -0.371. The number of carbonyl (C=O) groups is 1. The molecule has 0 aliphatic rings. The molecule has 0 aliphatic carbocycles. The molecule has 7 nitrogen and oxygen atoms in total. The smallest absolute Gasteiger partial charge is 0.293 e. The number of amides is 1. The molecule has 4 rings (SSSR count). The van der Waals surface area contributed by atoms with E-state index in [2.05, 4.69) is 15.5 Å². The van der Waals surface area contributed by atoms with Crippen molar-refractivity contribution in [3.63, 3.8) is 0 Å².